The summed E-state index contributed by atoms with van der Waals surface area (Å²) in [6.07, 6.45) is 6.99. The van der Waals surface area contributed by atoms with E-state index < -0.39 is 10.0 Å². The average Bonchev–Trinajstić information content (AvgIpc) is 2.11. The summed E-state index contributed by atoms with van der Waals surface area (Å²) >= 11 is 0. The minimum absolute atomic E-state index is 0.366. The lowest BCUT2D eigenvalue weighted by Gasteiger charge is -2.34. The van der Waals surface area contributed by atoms with Crippen molar-refractivity contribution in [2.75, 3.05) is 6.54 Å². The molecule has 0 aromatic heterocycles. The average molecular weight is 232 g/mol. The minimum Gasteiger partial charge on any atom is -0.313 e. The summed E-state index contributed by atoms with van der Waals surface area (Å²) in [5.74, 6) is 0.883. The fraction of sp³-hybridized carbons (Fsp3) is 1.00. The van der Waals surface area contributed by atoms with Gasteiger partial charge in [0, 0.05) is 12.6 Å². The molecule has 0 aromatic carbocycles. The Morgan fingerprint density at radius 1 is 1.20 bits per heavy atom. The second-order valence-corrected chi connectivity index (χ2v) is 6.77. The Kier molecular flexibility index (Phi) is 3.33. The van der Waals surface area contributed by atoms with Gasteiger partial charge in [0.25, 0.3) is 0 Å². The molecule has 1 saturated heterocycles. The summed E-state index contributed by atoms with van der Waals surface area (Å²) in [7, 11) is -3.33. The van der Waals surface area contributed by atoms with Gasteiger partial charge in [-0.2, -0.15) is 0 Å². The van der Waals surface area contributed by atoms with E-state index >= 15 is 0 Å². The topological polar surface area (TPSA) is 72.2 Å². The van der Waals surface area contributed by atoms with Gasteiger partial charge >= 0.3 is 0 Å². The Bertz CT molecular complexity index is 303. The maximum absolute atomic E-state index is 11.1. The molecule has 0 aromatic rings. The molecule has 5 heteroatoms. The zero-order valence-electron chi connectivity index (χ0n) is 8.98. The Morgan fingerprint density at radius 2 is 1.93 bits per heavy atom. The van der Waals surface area contributed by atoms with E-state index in [-0.39, 0.29) is 5.25 Å². The van der Waals surface area contributed by atoms with Crippen LogP contribution in [0.3, 0.4) is 0 Å². The molecule has 2 fully saturated rings. The summed E-state index contributed by atoms with van der Waals surface area (Å²) in [4.78, 5) is 0. The molecule has 2 aliphatic rings. The van der Waals surface area contributed by atoms with Crippen LogP contribution < -0.4 is 10.5 Å². The summed E-state index contributed by atoms with van der Waals surface area (Å²) in [5, 5.41) is 8.08. The van der Waals surface area contributed by atoms with Crippen LogP contribution in [0, 0.1) is 5.92 Å². The molecule has 4 nitrogen and oxygen atoms in total. The molecule has 2 rings (SSSR count). The number of hydrogen-bond donors (Lipinski definition) is 2. The molecule has 1 aliphatic carbocycles. The highest BCUT2D eigenvalue weighted by Gasteiger charge is 2.30. The normalized spacial score (nSPS) is 33.7. The molecular formula is C10H20N2O2S. The molecule has 15 heavy (non-hydrogen) atoms. The van der Waals surface area contributed by atoms with Crippen molar-refractivity contribution < 1.29 is 8.42 Å². The number of hydrogen-bond acceptors (Lipinski definition) is 3. The summed E-state index contributed by atoms with van der Waals surface area (Å²) < 4.78 is 22.2. The molecule has 1 saturated carbocycles. The third-order valence-electron chi connectivity index (χ3n) is 3.78. The Morgan fingerprint density at radius 3 is 2.33 bits per heavy atom. The van der Waals surface area contributed by atoms with Gasteiger partial charge < -0.3 is 5.32 Å². The Balaban J connectivity index is 1.76. The highest BCUT2D eigenvalue weighted by atomic mass is 32.2. The Hall–Kier alpha value is -0.130. The summed E-state index contributed by atoms with van der Waals surface area (Å²) in [6.45, 7) is 0.538. The van der Waals surface area contributed by atoms with E-state index in [9.17, 15) is 8.42 Å². The van der Waals surface area contributed by atoms with Gasteiger partial charge in [0.2, 0.25) is 10.0 Å². The number of nitrogens with one attached hydrogen (secondary N) is 1. The molecule has 1 aliphatic heterocycles. The van der Waals surface area contributed by atoms with Crippen LogP contribution in [-0.4, -0.2) is 26.3 Å². The van der Waals surface area contributed by atoms with Gasteiger partial charge in [0.15, 0.2) is 0 Å². The van der Waals surface area contributed by atoms with Gasteiger partial charge in [0.1, 0.15) is 0 Å². The molecule has 2 atom stereocenters. The first-order valence-electron chi connectivity index (χ1n) is 5.80. The van der Waals surface area contributed by atoms with Crippen LogP contribution in [0.1, 0.15) is 38.5 Å². The van der Waals surface area contributed by atoms with Crippen molar-refractivity contribution in [2.45, 2.75) is 49.8 Å². The number of nitrogens with two attached hydrogens (primary N) is 1. The molecule has 88 valence electrons. The summed E-state index contributed by atoms with van der Waals surface area (Å²) in [6, 6.07) is 0.522. The highest BCUT2D eigenvalue weighted by Crippen LogP contribution is 2.32. The Labute approximate surface area is 91.7 Å². The van der Waals surface area contributed by atoms with Crippen molar-refractivity contribution in [1.29, 1.82) is 0 Å². The van der Waals surface area contributed by atoms with E-state index in [2.05, 4.69) is 5.32 Å². The maximum atomic E-state index is 11.1. The largest absolute Gasteiger partial charge is 0.313 e. The third kappa shape index (κ3) is 2.92. The van der Waals surface area contributed by atoms with E-state index in [1.165, 1.54) is 25.7 Å². The van der Waals surface area contributed by atoms with Crippen LogP contribution >= 0.6 is 0 Å². The van der Waals surface area contributed by atoms with Crippen molar-refractivity contribution in [1.82, 2.24) is 5.32 Å². The van der Waals surface area contributed by atoms with E-state index in [0.29, 0.717) is 12.6 Å². The first-order valence-corrected chi connectivity index (χ1v) is 7.41. The zero-order valence-corrected chi connectivity index (χ0v) is 9.80. The number of primary sulfonamides is 1. The zero-order chi connectivity index (χ0) is 10.9. The number of piperidine rings is 1. The number of sulfonamides is 1. The van der Waals surface area contributed by atoms with Gasteiger partial charge in [-0.25, -0.2) is 13.6 Å². The fourth-order valence-electron chi connectivity index (χ4n) is 2.50. The van der Waals surface area contributed by atoms with Gasteiger partial charge in [-0.05, 0) is 25.2 Å². The van der Waals surface area contributed by atoms with Crippen LogP contribution in [0.2, 0.25) is 0 Å². The van der Waals surface area contributed by atoms with Crippen LogP contribution in [0.25, 0.3) is 0 Å². The molecule has 0 amide bonds. The molecule has 0 bridgehead atoms. The van der Waals surface area contributed by atoms with Gasteiger partial charge in [-0.3, -0.25) is 0 Å². The monoisotopic (exact) mass is 232 g/mol. The fourth-order valence-corrected chi connectivity index (χ4v) is 3.29. The predicted molar refractivity (Wildman–Crippen MR) is 59.9 cm³/mol. The number of rotatable bonds is 3. The standard InChI is InChI=1S/C10H20N2O2S/c11-15(13,14)10-5-4-9(12-7-10)6-8-2-1-3-8/h8-10,12H,1-7H2,(H2,11,13,14). The first-order chi connectivity index (χ1) is 7.05. The van der Waals surface area contributed by atoms with Crippen LogP contribution in [0.4, 0.5) is 0 Å². The van der Waals surface area contributed by atoms with Crippen LogP contribution in [0.5, 0.6) is 0 Å². The molecule has 0 spiro atoms. The van der Waals surface area contributed by atoms with Crippen LogP contribution in [0.15, 0.2) is 0 Å². The lowest BCUT2D eigenvalue weighted by molar-refractivity contribution is 0.241. The van der Waals surface area contributed by atoms with Gasteiger partial charge in [-0.1, -0.05) is 19.3 Å². The minimum atomic E-state index is -3.33. The van der Waals surface area contributed by atoms with Gasteiger partial charge in [0.05, 0.1) is 5.25 Å². The van der Waals surface area contributed by atoms with E-state index in [1.54, 1.807) is 0 Å². The van der Waals surface area contributed by atoms with Crippen molar-refractivity contribution in [3.8, 4) is 0 Å². The predicted octanol–water partition coefficient (Wildman–Crippen LogP) is 0.586. The van der Waals surface area contributed by atoms with E-state index in [0.717, 1.165) is 18.8 Å². The van der Waals surface area contributed by atoms with Crippen LogP contribution in [-0.2, 0) is 10.0 Å². The molecule has 2 unspecified atom stereocenters. The quantitative estimate of drug-likeness (QED) is 0.748. The van der Waals surface area contributed by atoms with E-state index in [1.807, 2.05) is 0 Å². The second-order valence-electron chi connectivity index (χ2n) is 4.93. The van der Waals surface area contributed by atoms with Crippen molar-refractivity contribution >= 4 is 10.0 Å². The first kappa shape index (κ1) is 11.4. The molecule has 0 radical (unpaired) electrons. The van der Waals surface area contributed by atoms with E-state index in [4.69, 9.17) is 5.14 Å². The lowest BCUT2D eigenvalue weighted by atomic mass is 9.79. The smallest absolute Gasteiger partial charge is 0.213 e. The van der Waals surface area contributed by atoms with Gasteiger partial charge in [-0.15, -0.1) is 0 Å². The van der Waals surface area contributed by atoms with Crippen molar-refractivity contribution in [2.24, 2.45) is 11.1 Å². The maximum Gasteiger partial charge on any atom is 0.213 e. The van der Waals surface area contributed by atoms with Crippen molar-refractivity contribution in [3.05, 3.63) is 0 Å². The third-order valence-corrected chi connectivity index (χ3v) is 5.11. The molecule has 3 N–H and O–H groups in total. The molecular weight excluding hydrogens is 212 g/mol. The molecule has 1 heterocycles. The highest BCUT2D eigenvalue weighted by molar-refractivity contribution is 7.89. The SMILES string of the molecule is NS(=O)(=O)C1CCC(CC2CCC2)NC1. The van der Waals surface area contributed by atoms with Crippen molar-refractivity contribution in [3.63, 3.8) is 0 Å². The summed E-state index contributed by atoms with van der Waals surface area (Å²) in [5.41, 5.74) is 0. The second kappa shape index (κ2) is 4.39. The lowest BCUT2D eigenvalue weighted by Crippen LogP contribution is -2.47.